The molecular formula is C13H21NO2. The van der Waals surface area contributed by atoms with E-state index < -0.39 is 0 Å². The first-order valence-electron chi connectivity index (χ1n) is 5.74. The molecule has 0 amide bonds. The topological polar surface area (TPSA) is 41.5 Å². The van der Waals surface area contributed by atoms with Gasteiger partial charge in [0.25, 0.3) is 0 Å². The van der Waals surface area contributed by atoms with E-state index in [9.17, 15) is 0 Å². The van der Waals surface area contributed by atoms with Crippen LogP contribution >= 0.6 is 0 Å². The van der Waals surface area contributed by atoms with Crippen LogP contribution in [-0.4, -0.2) is 31.9 Å². The van der Waals surface area contributed by atoms with Crippen molar-refractivity contribution in [1.82, 2.24) is 5.32 Å². The molecule has 1 aromatic carbocycles. The molecule has 1 unspecified atom stereocenters. The molecule has 0 aliphatic heterocycles. The fourth-order valence-electron chi connectivity index (χ4n) is 1.61. The second-order valence-electron chi connectivity index (χ2n) is 4.06. The molecule has 0 saturated carbocycles. The molecule has 1 aromatic rings. The first-order chi connectivity index (χ1) is 7.77. The molecule has 90 valence electrons. The Morgan fingerprint density at radius 3 is 2.81 bits per heavy atom. The summed E-state index contributed by atoms with van der Waals surface area (Å²) in [5, 5.41) is 12.1. The largest absolute Gasteiger partial charge is 0.493 e. The van der Waals surface area contributed by atoms with Gasteiger partial charge in [0.1, 0.15) is 5.75 Å². The number of nitrogens with one attached hydrogen (secondary N) is 1. The van der Waals surface area contributed by atoms with Crippen molar-refractivity contribution in [2.24, 2.45) is 5.92 Å². The molecular weight excluding hydrogens is 202 g/mol. The van der Waals surface area contributed by atoms with Gasteiger partial charge in [0.05, 0.1) is 6.61 Å². The van der Waals surface area contributed by atoms with E-state index in [-0.39, 0.29) is 6.61 Å². The summed E-state index contributed by atoms with van der Waals surface area (Å²) in [6, 6.07) is 7.87. The second kappa shape index (κ2) is 7.25. The number of hydrogen-bond donors (Lipinski definition) is 2. The molecule has 0 radical (unpaired) electrons. The van der Waals surface area contributed by atoms with Gasteiger partial charge in [-0.05, 0) is 25.1 Å². The number of aliphatic hydroxyl groups is 1. The SMILES string of the molecule is CNCC(C)COc1ccccc1CCO. The molecule has 0 heterocycles. The summed E-state index contributed by atoms with van der Waals surface area (Å²) >= 11 is 0. The monoisotopic (exact) mass is 223 g/mol. The summed E-state index contributed by atoms with van der Waals surface area (Å²) in [5.41, 5.74) is 1.07. The summed E-state index contributed by atoms with van der Waals surface area (Å²) in [6.45, 7) is 3.95. The van der Waals surface area contributed by atoms with Gasteiger partial charge in [0.2, 0.25) is 0 Å². The lowest BCUT2D eigenvalue weighted by molar-refractivity contribution is 0.251. The van der Waals surface area contributed by atoms with Crippen LogP contribution < -0.4 is 10.1 Å². The fraction of sp³-hybridized carbons (Fsp3) is 0.538. The molecule has 0 aliphatic rings. The van der Waals surface area contributed by atoms with E-state index in [1.165, 1.54) is 0 Å². The summed E-state index contributed by atoms with van der Waals surface area (Å²) in [7, 11) is 1.94. The van der Waals surface area contributed by atoms with E-state index in [2.05, 4.69) is 12.2 Å². The first-order valence-corrected chi connectivity index (χ1v) is 5.74. The summed E-state index contributed by atoms with van der Waals surface area (Å²) < 4.78 is 5.75. The van der Waals surface area contributed by atoms with Crippen molar-refractivity contribution in [3.63, 3.8) is 0 Å². The second-order valence-corrected chi connectivity index (χ2v) is 4.06. The Bertz CT molecular complexity index is 302. The predicted molar refractivity (Wildman–Crippen MR) is 65.8 cm³/mol. The third-order valence-corrected chi connectivity index (χ3v) is 2.43. The Morgan fingerprint density at radius 1 is 1.38 bits per heavy atom. The minimum absolute atomic E-state index is 0.159. The highest BCUT2D eigenvalue weighted by Crippen LogP contribution is 2.18. The fourth-order valence-corrected chi connectivity index (χ4v) is 1.61. The van der Waals surface area contributed by atoms with Crippen LogP contribution in [0.15, 0.2) is 24.3 Å². The smallest absolute Gasteiger partial charge is 0.122 e. The summed E-state index contributed by atoms with van der Waals surface area (Å²) in [4.78, 5) is 0. The normalized spacial score (nSPS) is 12.4. The zero-order valence-electron chi connectivity index (χ0n) is 10.1. The quantitative estimate of drug-likeness (QED) is 0.735. The van der Waals surface area contributed by atoms with E-state index in [4.69, 9.17) is 9.84 Å². The Labute approximate surface area is 97.4 Å². The lowest BCUT2D eigenvalue weighted by atomic mass is 10.1. The van der Waals surface area contributed by atoms with E-state index >= 15 is 0 Å². The maximum Gasteiger partial charge on any atom is 0.122 e. The lowest BCUT2D eigenvalue weighted by Gasteiger charge is -2.14. The predicted octanol–water partition coefficient (Wildman–Crippen LogP) is 1.46. The highest BCUT2D eigenvalue weighted by atomic mass is 16.5. The van der Waals surface area contributed by atoms with E-state index in [1.807, 2.05) is 31.3 Å². The van der Waals surface area contributed by atoms with Crippen molar-refractivity contribution >= 4 is 0 Å². The molecule has 1 rings (SSSR count). The Balaban J connectivity index is 2.52. The Kier molecular flexibility index (Phi) is 5.90. The molecule has 0 bridgehead atoms. The van der Waals surface area contributed by atoms with Gasteiger partial charge in [0.15, 0.2) is 0 Å². The van der Waals surface area contributed by atoms with Gasteiger partial charge in [-0.1, -0.05) is 25.1 Å². The number of ether oxygens (including phenoxy) is 1. The minimum atomic E-state index is 0.159. The Hall–Kier alpha value is -1.06. The van der Waals surface area contributed by atoms with E-state index in [0.29, 0.717) is 18.9 Å². The van der Waals surface area contributed by atoms with Gasteiger partial charge in [-0.2, -0.15) is 0 Å². The van der Waals surface area contributed by atoms with Crippen molar-refractivity contribution < 1.29 is 9.84 Å². The van der Waals surface area contributed by atoms with Gasteiger partial charge in [-0.3, -0.25) is 0 Å². The molecule has 16 heavy (non-hydrogen) atoms. The molecule has 0 aliphatic carbocycles. The van der Waals surface area contributed by atoms with Crippen molar-refractivity contribution in [3.05, 3.63) is 29.8 Å². The summed E-state index contributed by atoms with van der Waals surface area (Å²) in [6.07, 6.45) is 0.649. The standard InChI is InChI=1S/C13H21NO2/c1-11(9-14-2)10-16-13-6-4-3-5-12(13)7-8-15/h3-6,11,14-15H,7-10H2,1-2H3. The van der Waals surface area contributed by atoms with Gasteiger partial charge in [-0.15, -0.1) is 0 Å². The van der Waals surface area contributed by atoms with Crippen LogP contribution in [-0.2, 0) is 6.42 Å². The van der Waals surface area contributed by atoms with E-state index in [0.717, 1.165) is 17.9 Å². The lowest BCUT2D eigenvalue weighted by Crippen LogP contribution is -2.21. The minimum Gasteiger partial charge on any atom is -0.493 e. The summed E-state index contributed by atoms with van der Waals surface area (Å²) in [5.74, 6) is 1.37. The number of para-hydroxylation sites is 1. The van der Waals surface area contributed by atoms with Crippen LogP contribution in [0.2, 0.25) is 0 Å². The van der Waals surface area contributed by atoms with Crippen LogP contribution in [0.1, 0.15) is 12.5 Å². The molecule has 0 aromatic heterocycles. The Morgan fingerprint density at radius 2 is 2.12 bits per heavy atom. The average molecular weight is 223 g/mol. The zero-order valence-corrected chi connectivity index (χ0v) is 10.1. The van der Waals surface area contributed by atoms with Crippen LogP contribution in [0.5, 0.6) is 5.75 Å². The van der Waals surface area contributed by atoms with Gasteiger partial charge in [0, 0.05) is 19.1 Å². The van der Waals surface area contributed by atoms with Crippen LogP contribution in [0.4, 0.5) is 0 Å². The van der Waals surface area contributed by atoms with Crippen molar-refractivity contribution in [3.8, 4) is 5.75 Å². The molecule has 3 heteroatoms. The molecule has 0 spiro atoms. The third kappa shape index (κ3) is 4.21. The molecule has 2 N–H and O–H groups in total. The van der Waals surface area contributed by atoms with Crippen molar-refractivity contribution in [2.75, 3.05) is 26.8 Å². The molecule has 0 saturated heterocycles. The number of hydrogen-bond acceptors (Lipinski definition) is 3. The van der Waals surface area contributed by atoms with Crippen LogP contribution in [0.25, 0.3) is 0 Å². The van der Waals surface area contributed by atoms with Crippen molar-refractivity contribution in [2.45, 2.75) is 13.3 Å². The maximum absolute atomic E-state index is 8.94. The van der Waals surface area contributed by atoms with Crippen molar-refractivity contribution in [1.29, 1.82) is 0 Å². The van der Waals surface area contributed by atoms with Gasteiger partial charge in [-0.25, -0.2) is 0 Å². The third-order valence-electron chi connectivity index (χ3n) is 2.43. The number of rotatable bonds is 7. The molecule has 3 nitrogen and oxygen atoms in total. The van der Waals surface area contributed by atoms with Crippen LogP contribution in [0.3, 0.4) is 0 Å². The number of benzene rings is 1. The van der Waals surface area contributed by atoms with Crippen LogP contribution in [0, 0.1) is 5.92 Å². The molecule has 1 atom stereocenters. The first kappa shape index (κ1) is 13.0. The van der Waals surface area contributed by atoms with E-state index in [1.54, 1.807) is 0 Å². The maximum atomic E-state index is 8.94. The van der Waals surface area contributed by atoms with Gasteiger partial charge < -0.3 is 15.2 Å². The highest BCUT2D eigenvalue weighted by molar-refractivity contribution is 5.33. The highest BCUT2D eigenvalue weighted by Gasteiger charge is 2.05. The molecule has 0 fully saturated rings. The zero-order chi connectivity index (χ0) is 11.8. The van der Waals surface area contributed by atoms with Gasteiger partial charge >= 0.3 is 0 Å². The number of aliphatic hydroxyl groups excluding tert-OH is 1. The average Bonchev–Trinajstić information content (AvgIpc) is 2.29.